The fraction of sp³-hybridized carbons (Fsp3) is 0.765. The van der Waals surface area contributed by atoms with Gasteiger partial charge in [-0.15, -0.1) is 11.3 Å². The van der Waals surface area contributed by atoms with Gasteiger partial charge in [-0.2, -0.15) is 0 Å². The van der Waals surface area contributed by atoms with Crippen LogP contribution in [0.5, 0.6) is 0 Å². The van der Waals surface area contributed by atoms with E-state index in [4.69, 9.17) is 4.74 Å². The number of rotatable bonds is 5. The van der Waals surface area contributed by atoms with Gasteiger partial charge < -0.3 is 10.1 Å². The summed E-state index contributed by atoms with van der Waals surface area (Å²) in [4.78, 5) is 17.1. The number of aryl methyl sites for hydroxylation is 1. The summed E-state index contributed by atoms with van der Waals surface area (Å²) in [5, 5.41) is 6.47. The molecule has 122 valence electrons. The zero-order valence-electron chi connectivity index (χ0n) is 13.6. The van der Waals surface area contributed by atoms with Gasteiger partial charge in [0.05, 0.1) is 17.7 Å². The average Bonchev–Trinajstić information content (AvgIpc) is 3.19. The number of hydrogen-bond donors (Lipinski definition) is 1. The Labute approximate surface area is 136 Å². The van der Waals surface area contributed by atoms with Crippen molar-refractivity contribution in [3.05, 3.63) is 16.1 Å². The maximum Gasteiger partial charge on any atom is 0.220 e. The Morgan fingerprint density at radius 1 is 1.45 bits per heavy atom. The quantitative estimate of drug-likeness (QED) is 0.899. The van der Waals surface area contributed by atoms with E-state index < -0.39 is 0 Å². The number of nitrogens with zero attached hydrogens (tertiary/aromatic N) is 1. The molecule has 2 unspecified atom stereocenters. The van der Waals surface area contributed by atoms with Crippen LogP contribution >= 0.6 is 11.3 Å². The molecule has 0 aromatic carbocycles. The van der Waals surface area contributed by atoms with Crippen molar-refractivity contribution in [1.29, 1.82) is 0 Å². The Morgan fingerprint density at radius 3 is 2.82 bits per heavy atom. The summed E-state index contributed by atoms with van der Waals surface area (Å²) in [6.45, 7) is 4.13. The Kier molecular flexibility index (Phi) is 4.83. The van der Waals surface area contributed by atoms with Crippen LogP contribution in [-0.4, -0.2) is 23.1 Å². The maximum absolute atomic E-state index is 12.4. The third kappa shape index (κ3) is 3.51. The number of aromatic nitrogens is 1. The first-order valence-electron chi connectivity index (χ1n) is 8.46. The van der Waals surface area contributed by atoms with E-state index >= 15 is 0 Å². The Bertz CT molecular complexity index is 522. The molecule has 1 saturated heterocycles. The molecule has 1 aliphatic carbocycles. The highest BCUT2D eigenvalue weighted by molar-refractivity contribution is 7.09. The second-order valence-corrected chi connectivity index (χ2v) is 7.67. The van der Waals surface area contributed by atoms with Crippen molar-refractivity contribution in [2.75, 3.05) is 0 Å². The normalized spacial score (nSPS) is 27.2. The van der Waals surface area contributed by atoms with Crippen molar-refractivity contribution in [3.8, 4) is 0 Å². The predicted octanol–water partition coefficient (Wildman–Crippen LogP) is 3.68. The average molecular weight is 322 g/mol. The molecule has 0 bridgehead atoms. The van der Waals surface area contributed by atoms with Gasteiger partial charge in [-0.25, -0.2) is 4.98 Å². The summed E-state index contributed by atoms with van der Waals surface area (Å²) in [5.41, 5.74) is 0.841. The Balaban J connectivity index is 1.58. The second kappa shape index (κ2) is 6.67. The van der Waals surface area contributed by atoms with Crippen LogP contribution in [0.2, 0.25) is 0 Å². The molecule has 22 heavy (non-hydrogen) atoms. The van der Waals surface area contributed by atoms with Crippen molar-refractivity contribution in [1.82, 2.24) is 10.3 Å². The van der Waals surface area contributed by atoms with E-state index in [1.54, 1.807) is 11.3 Å². The van der Waals surface area contributed by atoms with Crippen LogP contribution in [-0.2, 0) is 15.1 Å². The first-order valence-corrected chi connectivity index (χ1v) is 9.34. The number of carbonyl (C=O) groups excluding carboxylic acids is 1. The van der Waals surface area contributed by atoms with Gasteiger partial charge in [0.25, 0.3) is 0 Å². The van der Waals surface area contributed by atoms with Gasteiger partial charge in [0.15, 0.2) is 0 Å². The lowest BCUT2D eigenvalue weighted by Crippen LogP contribution is -2.44. The summed E-state index contributed by atoms with van der Waals surface area (Å²) < 4.78 is 5.80. The van der Waals surface area contributed by atoms with Crippen molar-refractivity contribution < 1.29 is 9.53 Å². The highest BCUT2D eigenvalue weighted by Gasteiger charge is 2.39. The minimum atomic E-state index is -0.208. The Morgan fingerprint density at radius 2 is 2.23 bits per heavy atom. The molecule has 1 aromatic heterocycles. The van der Waals surface area contributed by atoms with Crippen molar-refractivity contribution in [3.63, 3.8) is 0 Å². The highest BCUT2D eigenvalue weighted by Crippen LogP contribution is 2.40. The van der Waals surface area contributed by atoms with Gasteiger partial charge in [0.1, 0.15) is 5.01 Å². The zero-order chi connectivity index (χ0) is 15.6. The first-order chi connectivity index (χ1) is 10.6. The molecular formula is C17H26N2O2S. The van der Waals surface area contributed by atoms with Crippen LogP contribution in [0.25, 0.3) is 0 Å². The summed E-state index contributed by atoms with van der Waals surface area (Å²) in [5.74, 6) is 0.151. The van der Waals surface area contributed by atoms with Gasteiger partial charge >= 0.3 is 0 Å². The van der Waals surface area contributed by atoms with Gasteiger partial charge in [0, 0.05) is 17.5 Å². The van der Waals surface area contributed by atoms with E-state index in [1.807, 2.05) is 6.92 Å². The maximum atomic E-state index is 12.4. The standard InChI is InChI=1S/C17H26N2O2S/c1-12-11-22-16(18-12)17(9-3-4-10-17)19-15(20)8-7-14-6-5-13(2)21-14/h11,13-14H,3-10H2,1-2H3,(H,19,20). The lowest BCUT2D eigenvalue weighted by molar-refractivity contribution is -0.123. The highest BCUT2D eigenvalue weighted by atomic mass is 32.1. The summed E-state index contributed by atoms with van der Waals surface area (Å²) in [6.07, 6.45) is 8.59. The third-order valence-corrected chi connectivity index (χ3v) is 6.04. The molecule has 2 aliphatic rings. The molecule has 1 saturated carbocycles. The number of carbonyl (C=O) groups is 1. The lowest BCUT2D eigenvalue weighted by atomic mass is 9.97. The minimum absolute atomic E-state index is 0.151. The Hall–Kier alpha value is -0.940. The SMILES string of the molecule is Cc1csc(C2(NC(=O)CCC3CCC(C)O3)CCCC2)n1. The van der Waals surface area contributed by atoms with E-state index in [1.165, 1.54) is 12.8 Å². The molecule has 3 rings (SSSR count). The minimum Gasteiger partial charge on any atom is -0.375 e. The van der Waals surface area contributed by atoms with Gasteiger partial charge in [-0.3, -0.25) is 4.79 Å². The zero-order valence-corrected chi connectivity index (χ0v) is 14.4. The van der Waals surface area contributed by atoms with Gasteiger partial charge in [-0.05, 0) is 46.0 Å². The summed E-state index contributed by atoms with van der Waals surface area (Å²) in [6, 6.07) is 0. The van der Waals surface area contributed by atoms with Gasteiger partial charge in [-0.1, -0.05) is 12.8 Å². The molecule has 1 N–H and O–H groups in total. The predicted molar refractivity (Wildman–Crippen MR) is 87.9 cm³/mol. The van der Waals surface area contributed by atoms with E-state index in [0.717, 1.165) is 42.8 Å². The second-order valence-electron chi connectivity index (χ2n) is 6.82. The van der Waals surface area contributed by atoms with E-state index in [0.29, 0.717) is 12.5 Å². The fourth-order valence-electron chi connectivity index (χ4n) is 3.66. The molecule has 2 fully saturated rings. The van der Waals surface area contributed by atoms with Crippen LogP contribution in [0, 0.1) is 6.92 Å². The van der Waals surface area contributed by atoms with E-state index in [-0.39, 0.29) is 17.6 Å². The van der Waals surface area contributed by atoms with Crippen LogP contribution in [0.4, 0.5) is 0 Å². The molecule has 5 heteroatoms. The molecule has 1 amide bonds. The summed E-state index contributed by atoms with van der Waals surface area (Å²) in [7, 11) is 0. The van der Waals surface area contributed by atoms with Crippen LogP contribution in [0.15, 0.2) is 5.38 Å². The molecule has 1 aliphatic heterocycles. The number of nitrogens with one attached hydrogen (secondary N) is 1. The van der Waals surface area contributed by atoms with E-state index in [2.05, 4.69) is 22.6 Å². The number of hydrogen-bond acceptors (Lipinski definition) is 4. The van der Waals surface area contributed by atoms with Crippen LogP contribution in [0.3, 0.4) is 0 Å². The van der Waals surface area contributed by atoms with Crippen molar-refractivity contribution >= 4 is 17.2 Å². The van der Waals surface area contributed by atoms with Crippen LogP contribution < -0.4 is 5.32 Å². The largest absolute Gasteiger partial charge is 0.375 e. The molecule has 2 atom stereocenters. The number of thiazole rings is 1. The lowest BCUT2D eigenvalue weighted by Gasteiger charge is -2.28. The van der Waals surface area contributed by atoms with Crippen molar-refractivity contribution in [2.45, 2.75) is 83.0 Å². The van der Waals surface area contributed by atoms with Gasteiger partial charge in [0.2, 0.25) is 5.91 Å². The smallest absolute Gasteiger partial charge is 0.220 e. The molecule has 1 aromatic rings. The van der Waals surface area contributed by atoms with E-state index in [9.17, 15) is 4.79 Å². The molecular weight excluding hydrogens is 296 g/mol. The topological polar surface area (TPSA) is 51.2 Å². The van der Waals surface area contributed by atoms with Crippen molar-refractivity contribution in [2.24, 2.45) is 0 Å². The molecule has 2 heterocycles. The van der Waals surface area contributed by atoms with Crippen LogP contribution in [0.1, 0.15) is 69.0 Å². The first kappa shape index (κ1) is 15.9. The molecule has 0 spiro atoms. The molecule has 0 radical (unpaired) electrons. The fourth-order valence-corrected chi connectivity index (χ4v) is 4.68. The monoisotopic (exact) mass is 322 g/mol. The number of amides is 1. The summed E-state index contributed by atoms with van der Waals surface area (Å²) >= 11 is 1.68. The molecule has 4 nitrogen and oxygen atoms in total. The number of ether oxygens (including phenoxy) is 1. The third-order valence-electron chi connectivity index (χ3n) is 4.88.